The molecular weight excluding hydrogens is 494 g/mol. The minimum Gasteiger partial charge on any atom is -0.493 e. The molecule has 198 valence electrons. The first kappa shape index (κ1) is 27.1. The average molecular weight is 524 g/mol. The lowest BCUT2D eigenvalue weighted by atomic mass is 9.85. The van der Waals surface area contributed by atoms with E-state index in [0.717, 1.165) is 5.56 Å². The minimum atomic E-state index is -1.94. The predicted octanol–water partition coefficient (Wildman–Crippen LogP) is 4.41. The summed E-state index contributed by atoms with van der Waals surface area (Å²) in [5.41, 5.74) is 3.72. The van der Waals surface area contributed by atoms with Crippen LogP contribution in [0.5, 0.6) is 11.5 Å². The number of hydrogen-bond acceptors (Lipinski definition) is 6. The number of amides is 2. The van der Waals surface area contributed by atoms with E-state index < -0.39 is 11.5 Å². The lowest BCUT2D eigenvalue weighted by Crippen LogP contribution is -2.43. The number of ether oxygens (including phenoxy) is 2. The maximum absolute atomic E-state index is 13.2. The molecule has 0 bridgehead atoms. The van der Waals surface area contributed by atoms with Gasteiger partial charge in [0.05, 0.1) is 13.3 Å². The SMILES string of the molecule is COc1cc(/C=N\NC(=O)C(O)(c2ccccc2)c2ccccc2)ccc1OCC(=O)Nc1ccc(C)cc1. The molecule has 4 aromatic carbocycles. The highest BCUT2D eigenvalue weighted by atomic mass is 16.5. The quantitative estimate of drug-likeness (QED) is 0.211. The standard InChI is InChI=1S/C31H29N3O5/c1-22-13-16-26(17-14-22)33-29(35)21-39-27-18-15-23(19-28(27)38-2)20-32-34-30(36)31(37,24-9-5-3-6-10-24)25-11-7-4-8-12-25/h3-20,37H,21H2,1-2H3,(H,33,35)(H,34,36)/b32-20-. The van der Waals surface area contributed by atoms with Crippen molar-refractivity contribution in [2.75, 3.05) is 19.0 Å². The molecule has 0 aromatic heterocycles. The van der Waals surface area contributed by atoms with Crippen LogP contribution in [-0.4, -0.2) is 36.9 Å². The first-order valence-electron chi connectivity index (χ1n) is 12.2. The number of rotatable bonds is 10. The fourth-order valence-corrected chi connectivity index (χ4v) is 3.89. The van der Waals surface area contributed by atoms with Gasteiger partial charge in [-0.15, -0.1) is 0 Å². The van der Waals surface area contributed by atoms with Crippen molar-refractivity contribution in [3.8, 4) is 11.5 Å². The molecule has 0 spiro atoms. The summed E-state index contributed by atoms with van der Waals surface area (Å²) in [6, 6.07) is 29.8. The largest absolute Gasteiger partial charge is 0.493 e. The van der Waals surface area contributed by atoms with E-state index in [9.17, 15) is 14.7 Å². The summed E-state index contributed by atoms with van der Waals surface area (Å²) in [5.74, 6) is -0.250. The van der Waals surface area contributed by atoms with Gasteiger partial charge in [0.25, 0.3) is 11.8 Å². The molecule has 0 fully saturated rings. The fraction of sp³-hybridized carbons (Fsp3) is 0.129. The van der Waals surface area contributed by atoms with Crippen LogP contribution in [0.1, 0.15) is 22.3 Å². The maximum Gasteiger partial charge on any atom is 0.281 e. The van der Waals surface area contributed by atoms with Crippen molar-refractivity contribution in [1.82, 2.24) is 5.43 Å². The zero-order valence-corrected chi connectivity index (χ0v) is 21.6. The van der Waals surface area contributed by atoms with Gasteiger partial charge < -0.3 is 19.9 Å². The zero-order valence-electron chi connectivity index (χ0n) is 21.6. The first-order valence-corrected chi connectivity index (χ1v) is 12.2. The van der Waals surface area contributed by atoms with E-state index in [4.69, 9.17) is 9.47 Å². The van der Waals surface area contributed by atoms with E-state index in [0.29, 0.717) is 33.9 Å². The van der Waals surface area contributed by atoms with Gasteiger partial charge >= 0.3 is 0 Å². The Morgan fingerprint density at radius 3 is 2.08 bits per heavy atom. The third-order valence-corrected chi connectivity index (χ3v) is 5.97. The molecule has 0 saturated heterocycles. The highest BCUT2D eigenvalue weighted by Crippen LogP contribution is 2.30. The van der Waals surface area contributed by atoms with Gasteiger partial charge in [0.2, 0.25) is 0 Å². The number of aryl methyl sites for hydroxylation is 1. The van der Waals surface area contributed by atoms with Crippen molar-refractivity contribution in [2.24, 2.45) is 5.10 Å². The molecule has 0 aliphatic carbocycles. The number of anilines is 1. The second kappa shape index (κ2) is 12.5. The van der Waals surface area contributed by atoms with Crippen molar-refractivity contribution >= 4 is 23.7 Å². The monoisotopic (exact) mass is 523 g/mol. The lowest BCUT2D eigenvalue weighted by molar-refractivity contribution is -0.136. The predicted molar refractivity (Wildman–Crippen MR) is 150 cm³/mol. The summed E-state index contributed by atoms with van der Waals surface area (Å²) in [7, 11) is 1.48. The Bertz CT molecular complexity index is 1400. The third kappa shape index (κ3) is 6.68. The normalized spacial score (nSPS) is 11.2. The van der Waals surface area contributed by atoms with Crippen molar-refractivity contribution in [3.05, 3.63) is 125 Å². The molecule has 2 amide bonds. The molecule has 0 heterocycles. The van der Waals surface area contributed by atoms with E-state index in [1.807, 2.05) is 43.3 Å². The highest BCUT2D eigenvalue weighted by Gasteiger charge is 2.39. The molecule has 0 radical (unpaired) electrons. The molecule has 4 rings (SSSR count). The summed E-state index contributed by atoms with van der Waals surface area (Å²) < 4.78 is 11.0. The smallest absolute Gasteiger partial charge is 0.281 e. The van der Waals surface area contributed by atoms with Gasteiger partial charge in [0, 0.05) is 5.69 Å². The zero-order chi connectivity index (χ0) is 27.7. The average Bonchev–Trinajstić information content (AvgIpc) is 2.98. The summed E-state index contributed by atoms with van der Waals surface area (Å²) >= 11 is 0. The van der Waals surface area contributed by atoms with Gasteiger partial charge in [-0.25, -0.2) is 5.43 Å². The molecule has 0 atom stereocenters. The molecule has 4 aromatic rings. The number of nitrogens with zero attached hydrogens (tertiary/aromatic N) is 1. The topological polar surface area (TPSA) is 109 Å². The lowest BCUT2D eigenvalue weighted by Gasteiger charge is -2.27. The molecule has 8 heteroatoms. The summed E-state index contributed by atoms with van der Waals surface area (Å²) in [4.78, 5) is 25.4. The van der Waals surface area contributed by atoms with Crippen LogP contribution >= 0.6 is 0 Å². The van der Waals surface area contributed by atoms with Crippen molar-refractivity contribution in [3.63, 3.8) is 0 Å². The van der Waals surface area contributed by atoms with E-state index in [1.165, 1.54) is 13.3 Å². The first-order chi connectivity index (χ1) is 18.9. The molecule has 8 nitrogen and oxygen atoms in total. The van der Waals surface area contributed by atoms with Gasteiger partial charge in [-0.05, 0) is 53.9 Å². The van der Waals surface area contributed by atoms with Crippen LogP contribution in [0.25, 0.3) is 0 Å². The second-order valence-electron chi connectivity index (χ2n) is 8.75. The number of hydrazone groups is 1. The second-order valence-corrected chi connectivity index (χ2v) is 8.75. The van der Waals surface area contributed by atoms with Crippen molar-refractivity contribution in [2.45, 2.75) is 12.5 Å². The highest BCUT2D eigenvalue weighted by molar-refractivity contribution is 5.92. The summed E-state index contributed by atoms with van der Waals surface area (Å²) in [6.07, 6.45) is 1.42. The van der Waals surface area contributed by atoms with Crippen LogP contribution in [0.2, 0.25) is 0 Å². The van der Waals surface area contributed by atoms with Gasteiger partial charge in [-0.3, -0.25) is 9.59 Å². The minimum absolute atomic E-state index is 0.203. The number of nitrogens with one attached hydrogen (secondary N) is 2. The molecule has 39 heavy (non-hydrogen) atoms. The van der Waals surface area contributed by atoms with Crippen molar-refractivity contribution in [1.29, 1.82) is 0 Å². The third-order valence-electron chi connectivity index (χ3n) is 5.97. The van der Waals surface area contributed by atoms with E-state index in [-0.39, 0.29) is 12.5 Å². The van der Waals surface area contributed by atoms with Crippen LogP contribution < -0.4 is 20.2 Å². The number of carbonyl (C=O) groups is 2. The van der Waals surface area contributed by atoms with E-state index in [2.05, 4.69) is 15.8 Å². The number of carbonyl (C=O) groups excluding carboxylic acids is 2. The van der Waals surface area contributed by atoms with Crippen LogP contribution in [0.4, 0.5) is 5.69 Å². The molecule has 0 aliphatic heterocycles. The van der Waals surface area contributed by atoms with Crippen LogP contribution in [0, 0.1) is 6.92 Å². The number of aliphatic hydroxyl groups is 1. The molecule has 0 aliphatic rings. The Kier molecular flexibility index (Phi) is 8.71. The fourth-order valence-electron chi connectivity index (χ4n) is 3.89. The van der Waals surface area contributed by atoms with Gasteiger partial charge in [-0.1, -0.05) is 78.4 Å². The van der Waals surface area contributed by atoms with E-state index >= 15 is 0 Å². The Balaban J connectivity index is 1.42. The van der Waals surface area contributed by atoms with E-state index in [1.54, 1.807) is 66.7 Å². The van der Waals surface area contributed by atoms with Crippen LogP contribution in [0.15, 0.2) is 108 Å². The maximum atomic E-state index is 13.2. The van der Waals surface area contributed by atoms with Crippen molar-refractivity contribution < 1.29 is 24.2 Å². The van der Waals surface area contributed by atoms with Gasteiger partial charge in [-0.2, -0.15) is 5.10 Å². The number of hydrogen-bond donors (Lipinski definition) is 3. The van der Waals surface area contributed by atoms with Crippen LogP contribution in [-0.2, 0) is 15.2 Å². The Labute approximate surface area is 226 Å². The molecular formula is C31H29N3O5. The summed E-state index contributed by atoms with van der Waals surface area (Å²) in [6.45, 7) is 1.77. The van der Waals surface area contributed by atoms with Gasteiger partial charge in [0.15, 0.2) is 23.7 Å². The van der Waals surface area contributed by atoms with Gasteiger partial charge in [0.1, 0.15) is 0 Å². The number of benzene rings is 4. The molecule has 0 saturated carbocycles. The Morgan fingerprint density at radius 1 is 0.872 bits per heavy atom. The molecule has 3 N–H and O–H groups in total. The number of methoxy groups -OCH3 is 1. The van der Waals surface area contributed by atoms with Crippen LogP contribution in [0.3, 0.4) is 0 Å². The molecule has 0 unspecified atom stereocenters. The summed E-state index contributed by atoms with van der Waals surface area (Å²) in [5, 5.41) is 18.3. The Morgan fingerprint density at radius 2 is 1.49 bits per heavy atom. The Hall–Kier alpha value is -4.95.